The van der Waals surface area contributed by atoms with Crippen LogP contribution in [0.3, 0.4) is 0 Å². The van der Waals surface area contributed by atoms with Crippen LogP contribution in [0.4, 0.5) is 5.13 Å². The summed E-state index contributed by atoms with van der Waals surface area (Å²) in [6.45, 7) is 1.28. The van der Waals surface area contributed by atoms with Crippen LogP contribution in [0.25, 0.3) is 16.3 Å². The first kappa shape index (κ1) is 22.3. The van der Waals surface area contributed by atoms with Crippen LogP contribution in [0.2, 0.25) is 0 Å². The number of ether oxygens (including phenoxy) is 2. The molecule has 6 nitrogen and oxygen atoms in total. The van der Waals surface area contributed by atoms with Crippen molar-refractivity contribution in [2.45, 2.75) is 0 Å². The molecule has 0 aliphatic rings. The fourth-order valence-electron chi connectivity index (χ4n) is 2.82. The van der Waals surface area contributed by atoms with E-state index in [1.165, 1.54) is 11.3 Å². The maximum Gasteiger partial charge on any atom is 0.252 e. The lowest BCUT2D eigenvalue weighted by atomic mass is 10.2. The average Bonchev–Trinajstić information content (AvgIpc) is 3.14. The summed E-state index contributed by atoms with van der Waals surface area (Å²) in [5.41, 5.74) is 1.73. The van der Waals surface area contributed by atoms with Gasteiger partial charge in [-0.15, -0.1) is 0 Å². The van der Waals surface area contributed by atoms with E-state index in [1.54, 1.807) is 31.3 Å². The highest BCUT2D eigenvalue weighted by Crippen LogP contribution is 2.31. The van der Waals surface area contributed by atoms with Crippen molar-refractivity contribution in [1.29, 1.82) is 0 Å². The van der Waals surface area contributed by atoms with Crippen molar-refractivity contribution >= 4 is 54.6 Å². The Morgan fingerprint density at radius 3 is 2.57 bits per heavy atom. The highest BCUT2D eigenvalue weighted by molar-refractivity contribution is 9.10. The van der Waals surface area contributed by atoms with Crippen LogP contribution in [0.15, 0.2) is 46.9 Å². The molecule has 1 amide bonds. The Morgan fingerprint density at radius 1 is 1.10 bits per heavy atom. The van der Waals surface area contributed by atoms with Gasteiger partial charge in [-0.3, -0.25) is 9.69 Å². The van der Waals surface area contributed by atoms with Crippen LogP contribution in [0, 0.1) is 0 Å². The van der Waals surface area contributed by atoms with Gasteiger partial charge < -0.3 is 14.4 Å². The summed E-state index contributed by atoms with van der Waals surface area (Å²) < 4.78 is 12.6. The van der Waals surface area contributed by atoms with Crippen LogP contribution in [-0.2, 0) is 4.79 Å². The second-order valence-corrected chi connectivity index (χ2v) is 8.77. The molecule has 30 heavy (non-hydrogen) atoms. The normalized spacial score (nSPS) is 11.4. The van der Waals surface area contributed by atoms with Gasteiger partial charge in [0, 0.05) is 23.6 Å². The third-order valence-electron chi connectivity index (χ3n) is 4.43. The number of thiazole rings is 1. The van der Waals surface area contributed by atoms with E-state index in [0.717, 1.165) is 26.8 Å². The second kappa shape index (κ2) is 10.1. The van der Waals surface area contributed by atoms with Crippen molar-refractivity contribution in [2.75, 3.05) is 46.3 Å². The number of benzene rings is 2. The topological polar surface area (TPSA) is 54.9 Å². The van der Waals surface area contributed by atoms with E-state index in [1.807, 2.05) is 55.4 Å². The first-order chi connectivity index (χ1) is 14.4. The zero-order valence-corrected chi connectivity index (χ0v) is 19.8. The Labute approximate surface area is 188 Å². The monoisotopic (exact) mass is 489 g/mol. The molecule has 158 valence electrons. The first-order valence-corrected chi connectivity index (χ1v) is 10.9. The van der Waals surface area contributed by atoms with Gasteiger partial charge in [0.1, 0.15) is 0 Å². The molecule has 0 saturated carbocycles. The number of anilines is 1. The number of rotatable bonds is 8. The van der Waals surface area contributed by atoms with Crippen molar-refractivity contribution < 1.29 is 14.3 Å². The number of amides is 1. The van der Waals surface area contributed by atoms with Crippen molar-refractivity contribution in [3.8, 4) is 11.5 Å². The summed E-state index contributed by atoms with van der Waals surface area (Å²) in [6, 6.07) is 11.5. The number of nitrogens with zero attached hydrogens (tertiary/aromatic N) is 3. The number of fused-ring (bicyclic) bond motifs is 1. The maximum atomic E-state index is 13.1. The molecule has 0 radical (unpaired) electrons. The molecular formula is C22H24BrN3O3S. The smallest absolute Gasteiger partial charge is 0.252 e. The lowest BCUT2D eigenvalue weighted by molar-refractivity contribution is -0.114. The molecule has 8 heteroatoms. The summed E-state index contributed by atoms with van der Waals surface area (Å²) in [6.07, 6.45) is 3.34. The molecule has 0 atom stereocenters. The van der Waals surface area contributed by atoms with Crippen LogP contribution >= 0.6 is 27.3 Å². The van der Waals surface area contributed by atoms with E-state index in [0.29, 0.717) is 23.2 Å². The largest absolute Gasteiger partial charge is 0.493 e. The van der Waals surface area contributed by atoms with E-state index < -0.39 is 0 Å². The van der Waals surface area contributed by atoms with Crippen molar-refractivity contribution in [3.05, 3.63) is 52.5 Å². The highest BCUT2D eigenvalue weighted by atomic mass is 79.9. The van der Waals surface area contributed by atoms with Gasteiger partial charge in [0.25, 0.3) is 5.91 Å². The van der Waals surface area contributed by atoms with Gasteiger partial charge in [0.15, 0.2) is 16.6 Å². The Bertz CT molecular complexity index is 1060. The van der Waals surface area contributed by atoms with Gasteiger partial charge in [-0.2, -0.15) is 0 Å². The number of hydrogen-bond acceptors (Lipinski definition) is 6. The second-order valence-electron chi connectivity index (χ2n) is 6.85. The Kier molecular flexibility index (Phi) is 7.47. The van der Waals surface area contributed by atoms with Crippen LogP contribution in [0.5, 0.6) is 11.5 Å². The van der Waals surface area contributed by atoms with E-state index in [4.69, 9.17) is 9.47 Å². The molecule has 1 aromatic heterocycles. The molecule has 0 fully saturated rings. The molecule has 0 saturated heterocycles. The molecular weight excluding hydrogens is 466 g/mol. The van der Waals surface area contributed by atoms with Crippen LogP contribution in [-0.4, -0.2) is 57.2 Å². The number of aromatic nitrogens is 1. The lowest BCUT2D eigenvalue weighted by Gasteiger charge is -2.20. The predicted molar refractivity (Wildman–Crippen MR) is 127 cm³/mol. The minimum atomic E-state index is -0.121. The van der Waals surface area contributed by atoms with Crippen LogP contribution in [0.1, 0.15) is 5.56 Å². The summed E-state index contributed by atoms with van der Waals surface area (Å²) in [7, 11) is 7.15. The Balaban J connectivity index is 1.87. The molecule has 0 aliphatic heterocycles. The number of hydrogen-bond donors (Lipinski definition) is 0. The third kappa shape index (κ3) is 5.38. The van der Waals surface area contributed by atoms with Crippen molar-refractivity contribution in [2.24, 2.45) is 0 Å². The molecule has 0 N–H and O–H groups in total. The fourth-order valence-corrected chi connectivity index (χ4v) is 4.36. The molecule has 1 heterocycles. The SMILES string of the molecule is COc1ccc(/C=C/C(=O)N(CCN(C)C)c2nc3ccc(Br)cc3s2)cc1OC. The van der Waals surface area contributed by atoms with E-state index >= 15 is 0 Å². The van der Waals surface area contributed by atoms with Gasteiger partial charge in [-0.1, -0.05) is 33.3 Å². The standard InChI is InChI=1S/C22H24BrN3O3S/c1-25(2)11-12-26(22-24-17-8-7-16(23)14-20(17)30-22)21(27)10-6-15-5-9-18(28-3)19(13-15)29-4/h5-10,13-14H,11-12H2,1-4H3/b10-6+. The van der Waals surface area contributed by atoms with E-state index in [9.17, 15) is 4.79 Å². The number of carbonyl (C=O) groups excluding carboxylic acids is 1. The highest BCUT2D eigenvalue weighted by Gasteiger charge is 2.18. The zero-order valence-electron chi connectivity index (χ0n) is 17.4. The lowest BCUT2D eigenvalue weighted by Crippen LogP contribution is -2.35. The molecule has 0 aliphatic carbocycles. The molecule has 0 unspecified atom stereocenters. The maximum absolute atomic E-state index is 13.1. The van der Waals surface area contributed by atoms with Crippen molar-refractivity contribution in [3.63, 3.8) is 0 Å². The van der Waals surface area contributed by atoms with E-state index in [-0.39, 0.29) is 5.91 Å². The number of carbonyl (C=O) groups is 1. The number of likely N-dealkylation sites (N-methyl/N-ethyl adjacent to an activating group) is 1. The predicted octanol–water partition coefficient (Wildman–Crippen LogP) is 4.68. The van der Waals surface area contributed by atoms with Crippen molar-refractivity contribution in [1.82, 2.24) is 9.88 Å². The van der Waals surface area contributed by atoms with Gasteiger partial charge in [-0.05, 0) is 56.1 Å². The summed E-state index contributed by atoms with van der Waals surface area (Å²) in [4.78, 5) is 21.5. The summed E-state index contributed by atoms with van der Waals surface area (Å²) >= 11 is 5.00. The molecule has 0 bridgehead atoms. The van der Waals surface area contributed by atoms with Gasteiger partial charge >= 0.3 is 0 Å². The quantitative estimate of drug-likeness (QED) is 0.429. The third-order valence-corrected chi connectivity index (χ3v) is 5.97. The van der Waals surface area contributed by atoms with E-state index in [2.05, 4.69) is 20.9 Å². The Hall–Kier alpha value is -2.42. The van der Waals surface area contributed by atoms with Gasteiger partial charge in [0.05, 0.1) is 24.4 Å². The van der Waals surface area contributed by atoms with Gasteiger partial charge in [-0.25, -0.2) is 4.98 Å². The van der Waals surface area contributed by atoms with Gasteiger partial charge in [0.2, 0.25) is 0 Å². The molecule has 3 aromatic rings. The number of methoxy groups -OCH3 is 2. The zero-order chi connectivity index (χ0) is 21.7. The Morgan fingerprint density at radius 2 is 1.87 bits per heavy atom. The average molecular weight is 490 g/mol. The molecule has 0 spiro atoms. The summed E-state index contributed by atoms with van der Waals surface area (Å²) in [5.74, 6) is 1.15. The first-order valence-electron chi connectivity index (χ1n) is 9.33. The fraction of sp³-hybridized carbons (Fsp3) is 0.273. The van der Waals surface area contributed by atoms with Crippen LogP contribution < -0.4 is 14.4 Å². The number of halogens is 1. The molecule has 3 rings (SSSR count). The minimum Gasteiger partial charge on any atom is -0.493 e. The molecule has 2 aromatic carbocycles. The summed E-state index contributed by atoms with van der Waals surface area (Å²) in [5, 5.41) is 0.687. The minimum absolute atomic E-state index is 0.121.